The number of hydrogen-bond donors (Lipinski definition) is 0. The van der Waals surface area contributed by atoms with E-state index in [1.807, 2.05) is 126 Å². The van der Waals surface area contributed by atoms with E-state index in [1.54, 1.807) is 12.4 Å². The van der Waals surface area contributed by atoms with Crippen LogP contribution in [-0.2, 0) is 35.3 Å². The van der Waals surface area contributed by atoms with E-state index in [2.05, 4.69) is 10.1 Å². The fraction of sp³-hybridized carbons (Fsp3) is 0.286. The van der Waals surface area contributed by atoms with Gasteiger partial charge in [-0.05, 0) is 72.9 Å². The van der Waals surface area contributed by atoms with Crippen molar-refractivity contribution in [2.45, 2.75) is 67.2 Å². The minimum Gasteiger partial charge on any atom is -0.288 e. The number of ketones is 3. The van der Waals surface area contributed by atoms with Gasteiger partial charge in [-0.1, -0.05) is 124 Å². The van der Waals surface area contributed by atoms with Crippen molar-refractivity contribution in [1.29, 1.82) is 0 Å². The van der Waals surface area contributed by atoms with Gasteiger partial charge in [-0.15, -0.1) is 0 Å². The third-order valence-electron chi connectivity index (χ3n) is 8.07. The number of nitrogens with zero attached hydrogens (tertiary/aromatic N) is 3. The minimum absolute atomic E-state index is 0.117. The zero-order chi connectivity index (χ0) is 35.9. The lowest BCUT2D eigenvalue weighted by atomic mass is 9.91. The maximum atomic E-state index is 12.8. The fourth-order valence-corrected chi connectivity index (χ4v) is 5.57. The van der Waals surface area contributed by atoms with Gasteiger partial charge in [0.05, 0.1) is 6.21 Å². The average Bonchev–Trinajstić information content (AvgIpc) is 3.13. The Labute approximate surface area is 290 Å². The van der Waals surface area contributed by atoms with E-state index in [4.69, 9.17) is 0 Å². The first-order valence-corrected chi connectivity index (χ1v) is 16.8. The Hall–Kier alpha value is -5.30. The summed E-state index contributed by atoms with van der Waals surface area (Å²) in [6.45, 7) is 11.9. The Morgan fingerprint density at radius 2 is 0.980 bits per heavy atom. The summed E-state index contributed by atoms with van der Waals surface area (Å²) in [7, 11) is 1.51. The van der Waals surface area contributed by atoms with Gasteiger partial charge in [0.1, 0.15) is 6.54 Å². The van der Waals surface area contributed by atoms with Crippen LogP contribution in [0.15, 0.2) is 95.0 Å². The largest absolute Gasteiger partial charge is 0.314 e. The molecule has 254 valence electrons. The van der Waals surface area contributed by atoms with Crippen molar-refractivity contribution < 1.29 is 19.2 Å². The fourth-order valence-electron chi connectivity index (χ4n) is 5.57. The average molecular weight is 658 g/mol. The number of likely N-dealkylation sites (N-methyl/N-ethyl adjacent to an activating group) is 1. The second-order valence-electron chi connectivity index (χ2n) is 11.8. The Bertz CT molecular complexity index is 1780. The van der Waals surface area contributed by atoms with Crippen LogP contribution in [0.4, 0.5) is 0 Å². The van der Waals surface area contributed by atoms with E-state index in [9.17, 15) is 19.2 Å². The lowest BCUT2D eigenvalue weighted by molar-refractivity contribution is -0.125. The molecule has 4 rings (SSSR count). The topological polar surface area (TPSA) is 96.2 Å². The summed E-state index contributed by atoms with van der Waals surface area (Å²) in [4.78, 5) is 54.4. The number of aliphatic imine (C=N–C) groups is 1. The van der Waals surface area contributed by atoms with Crippen molar-refractivity contribution in [1.82, 2.24) is 5.01 Å². The van der Waals surface area contributed by atoms with Crippen LogP contribution in [0.3, 0.4) is 0 Å². The molecule has 0 saturated heterocycles. The molecule has 0 N–H and O–H groups in total. The first kappa shape index (κ1) is 38.2. The highest BCUT2D eigenvalue weighted by molar-refractivity contribution is 6.45. The highest BCUT2D eigenvalue weighted by Gasteiger charge is 2.25. The summed E-state index contributed by atoms with van der Waals surface area (Å²) in [5.74, 6) is -2.01. The SMILES string of the molecule is CCc1cc(C)cc(CC)c1C(=O)C(=O)CN=Cc1ccccc1.CCc1cc(C)cc(CC)c1C(=O)C(=O)N(C)N=Cc1ccccc1. The number of aryl methyl sites for hydroxylation is 6. The van der Waals surface area contributed by atoms with Gasteiger partial charge in [0.25, 0.3) is 5.78 Å². The molecule has 49 heavy (non-hydrogen) atoms. The second kappa shape index (κ2) is 18.9. The van der Waals surface area contributed by atoms with Crippen molar-refractivity contribution in [3.63, 3.8) is 0 Å². The second-order valence-corrected chi connectivity index (χ2v) is 11.8. The lowest BCUT2D eigenvalue weighted by Crippen LogP contribution is -2.31. The Kier molecular flexibility index (Phi) is 14.7. The molecule has 0 saturated carbocycles. The summed E-state index contributed by atoms with van der Waals surface area (Å²) in [5.41, 5.74) is 8.82. The van der Waals surface area contributed by atoms with Crippen LogP contribution in [0.1, 0.15) is 92.9 Å². The standard InChI is InChI=1S/C21H24N2O2.C21H23NO2/c1-5-17-12-15(3)13-18(6-2)19(17)20(24)21(25)23(4)22-14-16-10-8-7-9-11-16;1-4-17-11-15(3)12-18(5-2)20(17)21(24)19(23)14-22-13-16-9-7-6-8-10-16/h7-14H,5-6H2,1-4H3;6-13H,4-5,14H2,1-3H3. The number of Topliss-reactive ketones (excluding diaryl/α,β-unsaturated/α-hetero) is 3. The molecule has 1 amide bonds. The summed E-state index contributed by atoms with van der Waals surface area (Å²) < 4.78 is 0. The zero-order valence-electron chi connectivity index (χ0n) is 29.7. The molecule has 7 nitrogen and oxygen atoms in total. The number of carbonyl (C=O) groups excluding carboxylic acids is 4. The van der Waals surface area contributed by atoms with Crippen molar-refractivity contribution in [2.75, 3.05) is 13.6 Å². The maximum Gasteiger partial charge on any atom is 0.314 e. The van der Waals surface area contributed by atoms with Crippen molar-refractivity contribution >= 4 is 35.7 Å². The van der Waals surface area contributed by atoms with Gasteiger partial charge in [-0.2, -0.15) is 5.10 Å². The van der Waals surface area contributed by atoms with Crippen LogP contribution in [0.2, 0.25) is 0 Å². The number of amides is 1. The molecule has 0 bridgehead atoms. The van der Waals surface area contributed by atoms with E-state index in [-0.39, 0.29) is 6.54 Å². The van der Waals surface area contributed by atoms with Crippen molar-refractivity contribution in [3.8, 4) is 0 Å². The molecule has 0 spiro atoms. The van der Waals surface area contributed by atoms with Gasteiger partial charge in [0.2, 0.25) is 11.6 Å². The molecular formula is C42H47N3O4. The van der Waals surface area contributed by atoms with Crippen LogP contribution in [0, 0.1) is 13.8 Å². The number of hydrogen-bond acceptors (Lipinski definition) is 6. The van der Waals surface area contributed by atoms with E-state index in [1.165, 1.54) is 7.05 Å². The van der Waals surface area contributed by atoms with Gasteiger partial charge < -0.3 is 0 Å². The highest BCUT2D eigenvalue weighted by Crippen LogP contribution is 2.22. The molecule has 4 aromatic carbocycles. The van der Waals surface area contributed by atoms with Crippen LogP contribution in [-0.4, -0.2) is 54.3 Å². The summed E-state index contributed by atoms with van der Waals surface area (Å²) >= 11 is 0. The molecule has 0 heterocycles. The molecule has 0 aliphatic carbocycles. The third kappa shape index (κ3) is 10.6. The molecule has 4 aromatic rings. The van der Waals surface area contributed by atoms with Gasteiger partial charge >= 0.3 is 5.91 Å². The minimum atomic E-state index is -0.625. The number of carbonyl (C=O) groups is 4. The van der Waals surface area contributed by atoms with Gasteiger partial charge in [0.15, 0.2) is 0 Å². The summed E-state index contributed by atoms with van der Waals surface area (Å²) in [5, 5.41) is 5.21. The molecule has 0 atom stereocenters. The van der Waals surface area contributed by atoms with Gasteiger partial charge in [-0.3, -0.25) is 24.2 Å². The predicted octanol–water partition coefficient (Wildman–Crippen LogP) is 7.79. The quantitative estimate of drug-likeness (QED) is 0.0635. The van der Waals surface area contributed by atoms with Gasteiger partial charge in [-0.25, -0.2) is 5.01 Å². The highest BCUT2D eigenvalue weighted by atomic mass is 16.2. The molecule has 0 unspecified atom stereocenters. The zero-order valence-corrected chi connectivity index (χ0v) is 29.7. The van der Waals surface area contributed by atoms with Crippen LogP contribution >= 0.6 is 0 Å². The van der Waals surface area contributed by atoms with Crippen LogP contribution in [0.5, 0.6) is 0 Å². The maximum absolute atomic E-state index is 12.8. The summed E-state index contributed by atoms with van der Waals surface area (Å²) in [6, 6.07) is 26.9. The van der Waals surface area contributed by atoms with Crippen molar-refractivity contribution in [3.05, 3.63) is 141 Å². The molecule has 0 fully saturated rings. The molecule has 0 radical (unpaired) electrons. The Morgan fingerprint density at radius 1 is 0.592 bits per heavy atom. The smallest absolute Gasteiger partial charge is 0.288 e. The molecule has 0 aliphatic rings. The molecule has 0 aliphatic heterocycles. The lowest BCUT2D eigenvalue weighted by Gasteiger charge is -2.15. The monoisotopic (exact) mass is 657 g/mol. The molecule has 0 aromatic heterocycles. The summed E-state index contributed by atoms with van der Waals surface area (Å²) in [6.07, 6.45) is 6.08. The first-order chi connectivity index (χ1) is 23.5. The van der Waals surface area contributed by atoms with Crippen LogP contribution in [0.25, 0.3) is 0 Å². The van der Waals surface area contributed by atoms with E-state index in [0.29, 0.717) is 24.0 Å². The van der Waals surface area contributed by atoms with E-state index in [0.717, 1.165) is 62.4 Å². The number of rotatable bonds is 13. The van der Waals surface area contributed by atoms with Crippen LogP contribution < -0.4 is 0 Å². The Morgan fingerprint density at radius 3 is 1.39 bits per heavy atom. The van der Waals surface area contributed by atoms with Gasteiger partial charge in [0, 0.05) is 24.4 Å². The molecular weight excluding hydrogens is 610 g/mol. The van der Waals surface area contributed by atoms with E-state index >= 15 is 0 Å². The predicted molar refractivity (Wildman–Crippen MR) is 199 cm³/mol. The number of hydrazone groups is 1. The molecule has 7 heteroatoms. The third-order valence-corrected chi connectivity index (χ3v) is 8.07. The van der Waals surface area contributed by atoms with Crippen molar-refractivity contribution in [2.24, 2.45) is 10.1 Å². The first-order valence-electron chi connectivity index (χ1n) is 16.8. The normalized spacial score (nSPS) is 10.9. The number of benzene rings is 4. The Balaban J connectivity index is 0.000000266. The van der Waals surface area contributed by atoms with E-state index < -0.39 is 23.3 Å².